The number of aromatic amines is 1. The van der Waals surface area contributed by atoms with Gasteiger partial charge in [0.2, 0.25) is 5.89 Å². The Balaban J connectivity index is 1.37. The fourth-order valence-corrected chi connectivity index (χ4v) is 4.66. The summed E-state index contributed by atoms with van der Waals surface area (Å²) >= 11 is 5.90. The van der Waals surface area contributed by atoms with E-state index < -0.39 is 17.0 Å². The zero-order valence-corrected chi connectivity index (χ0v) is 19.8. The number of ether oxygens (including phenoxy) is 1. The van der Waals surface area contributed by atoms with E-state index in [4.69, 9.17) is 25.7 Å². The molecule has 9 nitrogen and oxygen atoms in total. The topological polar surface area (TPSA) is 111 Å². The molecule has 11 heteroatoms. The largest absolute Gasteiger partial charge is 0.487 e. The number of H-pyrrole nitrogens is 1. The maximum atomic E-state index is 14.3. The smallest absolute Gasteiger partial charge is 0.436 e. The van der Waals surface area contributed by atoms with Gasteiger partial charge in [-0.1, -0.05) is 23.7 Å². The highest BCUT2D eigenvalue weighted by Gasteiger charge is 2.43. The van der Waals surface area contributed by atoms with Crippen LogP contribution in [0.3, 0.4) is 0 Å². The molecular weight excluding hydrogens is 475 g/mol. The molecule has 0 saturated heterocycles. The van der Waals surface area contributed by atoms with E-state index in [1.54, 1.807) is 25.4 Å². The third-order valence-electron chi connectivity index (χ3n) is 6.33. The molecule has 2 N–H and O–H groups in total. The van der Waals surface area contributed by atoms with Crippen LogP contribution in [0, 0.1) is 5.82 Å². The van der Waals surface area contributed by atoms with Crippen LogP contribution in [0.1, 0.15) is 37.3 Å². The number of hydrogen-bond donors (Lipinski definition) is 2. The summed E-state index contributed by atoms with van der Waals surface area (Å²) in [7, 11) is 1.56. The lowest BCUT2D eigenvalue weighted by atomic mass is 9.70. The van der Waals surface area contributed by atoms with E-state index in [1.807, 2.05) is 24.3 Å². The predicted molar refractivity (Wildman–Crippen MR) is 128 cm³/mol. The second-order valence-electron chi connectivity index (χ2n) is 8.72. The van der Waals surface area contributed by atoms with E-state index in [9.17, 15) is 9.18 Å². The molecule has 0 unspecified atom stereocenters. The summed E-state index contributed by atoms with van der Waals surface area (Å²) < 4.78 is 27.0. The van der Waals surface area contributed by atoms with Crippen LogP contribution in [-0.2, 0) is 18.9 Å². The zero-order valence-electron chi connectivity index (χ0n) is 19.0. The molecule has 0 amide bonds. The van der Waals surface area contributed by atoms with Crippen molar-refractivity contribution in [2.75, 3.05) is 5.32 Å². The Hall–Kier alpha value is -3.66. The first-order chi connectivity index (χ1) is 16.9. The second kappa shape index (κ2) is 9.53. The average Bonchev–Trinajstić information content (AvgIpc) is 3.48. The fraction of sp³-hybridized carbons (Fsp3) is 0.333. The predicted octanol–water partition coefficient (Wildman–Crippen LogP) is 4.53. The highest BCUT2D eigenvalue weighted by atomic mass is 35.5. The monoisotopic (exact) mass is 498 g/mol. The van der Waals surface area contributed by atoms with Crippen LogP contribution in [0.2, 0.25) is 5.02 Å². The summed E-state index contributed by atoms with van der Waals surface area (Å²) in [5, 5.41) is 14.4. The highest BCUT2D eigenvalue weighted by molar-refractivity contribution is 6.30. The van der Waals surface area contributed by atoms with E-state index in [-0.39, 0.29) is 16.9 Å². The van der Waals surface area contributed by atoms with Crippen LogP contribution in [0.15, 0.2) is 57.9 Å². The van der Waals surface area contributed by atoms with Gasteiger partial charge >= 0.3 is 5.76 Å². The lowest BCUT2D eigenvalue weighted by molar-refractivity contribution is 0.0989. The number of aryl methyl sites for hydroxylation is 1. The molecule has 0 bridgehead atoms. The molecule has 1 aliphatic carbocycles. The van der Waals surface area contributed by atoms with Gasteiger partial charge in [0, 0.05) is 31.4 Å². The summed E-state index contributed by atoms with van der Waals surface area (Å²) in [5.41, 5.74) is 0.268. The first-order valence-electron chi connectivity index (χ1n) is 11.3. The molecule has 1 fully saturated rings. The van der Waals surface area contributed by atoms with Gasteiger partial charge in [0.05, 0.1) is 16.5 Å². The number of pyridine rings is 1. The van der Waals surface area contributed by atoms with E-state index in [0.29, 0.717) is 49.6 Å². The van der Waals surface area contributed by atoms with Gasteiger partial charge in [-0.3, -0.25) is 5.10 Å². The molecule has 1 aliphatic rings. The Kier molecular flexibility index (Phi) is 6.29. The van der Waals surface area contributed by atoms with Gasteiger partial charge in [-0.25, -0.2) is 14.2 Å². The zero-order chi connectivity index (χ0) is 24.4. The van der Waals surface area contributed by atoms with Gasteiger partial charge in [0.25, 0.3) is 0 Å². The van der Waals surface area contributed by atoms with Crippen molar-refractivity contribution in [1.82, 2.24) is 25.0 Å². The number of hydrogen-bond acceptors (Lipinski definition) is 7. The molecule has 4 aromatic rings. The Morgan fingerprint density at radius 3 is 2.74 bits per heavy atom. The molecular formula is C24H24ClFN6O3. The molecule has 0 aliphatic heterocycles. The number of nitrogens with one attached hydrogen (secondary N) is 2. The summed E-state index contributed by atoms with van der Waals surface area (Å²) in [6, 6.07) is 12.2. The van der Waals surface area contributed by atoms with Crippen molar-refractivity contribution < 1.29 is 13.5 Å². The molecule has 1 aromatic carbocycles. The maximum Gasteiger partial charge on any atom is 0.436 e. The van der Waals surface area contributed by atoms with Crippen LogP contribution in [0.4, 0.5) is 16.0 Å². The average molecular weight is 499 g/mol. The van der Waals surface area contributed by atoms with Crippen molar-refractivity contribution in [1.29, 1.82) is 0 Å². The Morgan fingerprint density at radius 2 is 2.03 bits per heavy atom. The van der Waals surface area contributed by atoms with Crippen LogP contribution in [-0.4, -0.2) is 31.1 Å². The molecule has 0 radical (unpaired) electrons. The number of anilines is 2. The van der Waals surface area contributed by atoms with Crippen molar-refractivity contribution in [3.8, 4) is 5.75 Å². The molecule has 5 rings (SSSR count). The first-order valence-corrected chi connectivity index (χ1v) is 11.7. The normalized spacial score (nSPS) is 20.0. The van der Waals surface area contributed by atoms with Crippen LogP contribution in [0.5, 0.6) is 5.75 Å². The van der Waals surface area contributed by atoms with E-state index in [0.717, 1.165) is 5.69 Å². The standard InChI is InChI=1S/C24H24ClFN6O3/c1-32-23(33)35-22(31-32)24(14-15-4-2-7-19(28-15)29-20-10-13-27-30-20)11-8-16(9-12-24)34-18-6-3-5-17(25)21(18)26/h2-7,10,13,16H,8-9,11-12,14H2,1H3,(H2,27,28,29,30). The summed E-state index contributed by atoms with van der Waals surface area (Å²) in [6.45, 7) is 0. The number of aromatic nitrogens is 5. The van der Waals surface area contributed by atoms with Crippen molar-refractivity contribution in [3.05, 3.63) is 81.6 Å². The van der Waals surface area contributed by atoms with Crippen molar-refractivity contribution in [3.63, 3.8) is 0 Å². The number of benzene rings is 1. The molecule has 0 spiro atoms. The molecule has 35 heavy (non-hydrogen) atoms. The van der Waals surface area contributed by atoms with Crippen molar-refractivity contribution >= 4 is 23.2 Å². The van der Waals surface area contributed by atoms with E-state index >= 15 is 0 Å². The van der Waals surface area contributed by atoms with Gasteiger partial charge in [-0.15, -0.1) is 5.10 Å². The number of nitrogens with zero attached hydrogens (tertiary/aromatic N) is 4. The summed E-state index contributed by atoms with van der Waals surface area (Å²) in [6.07, 6.45) is 4.53. The Bertz CT molecular complexity index is 1360. The van der Waals surface area contributed by atoms with Gasteiger partial charge in [-0.2, -0.15) is 9.78 Å². The van der Waals surface area contributed by atoms with Crippen LogP contribution < -0.4 is 15.8 Å². The quantitative estimate of drug-likeness (QED) is 0.385. The van der Waals surface area contributed by atoms with Gasteiger partial charge in [0.15, 0.2) is 17.4 Å². The van der Waals surface area contributed by atoms with Crippen LogP contribution >= 0.6 is 11.6 Å². The molecule has 1 saturated carbocycles. The minimum absolute atomic E-state index is 0.0253. The second-order valence-corrected chi connectivity index (χ2v) is 9.13. The first kappa shape index (κ1) is 23.1. The number of rotatable bonds is 7. The van der Waals surface area contributed by atoms with Gasteiger partial charge < -0.3 is 14.5 Å². The lowest BCUT2D eigenvalue weighted by Gasteiger charge is -2.37. The minimum Gasteiger partial charge on any atom is -0.487 e. The Morgan fingerprint density at radius 1 is 1.23 bits per heavy atom. The van der Waals surface area contributed by atoms with Crippen LogP contribution in [0.25, 0.3) is 0 Å². The van der Waals surface area contributed by atoms with Crippen molar-refractivity contribution in [2.24, 2.45) is 7.05 Å². The van der Waals surface area contributed by atoms with Gasteiger partial charge in [0.1, 0.15) is 5.82 Å². The maximum absolute atomic E-state index is 14.3. The van der Waals surface area contributed by atoms with Crippen molar-refractivity contribution in [2.45, 2.75) is 43.6 Å². The van der Waals surface area contributed by atoms with Gasteiger partial charge in [-0.05, 0) is 49.9 Å². The Labute approximate surface area is 205 Å². The molecule has 3 aromatic heterocycles. The van der Waals surface area contributed by atoms with E-state index in [2.05, 4.69) is 20.6 Å². The molecule has 3 heterocycles. The third-order valence-corrected chi connectivity index (χ3v) is 6.62. The SMILES string of the molecule is Cn1nc(C2(Cc3cccc(Nc4cc[nH]n4)n3)CCC(Oc3cccc(Cl)c3F)CC2)oc1=O. The highest BCUT2D eigenvalue weighted by Crippen LogP contribution is 2.42. The number of halogens is 2. The lowest BCUT2D eigenvalue weighted by Crippen LogP contribution is -2.38. The minimum atomic E-state index is -0.563. The van der Waals surface area contributed by atoms with E-state index in [1.165, 1.54) is 10.7 Å². The third kappa shape index (κ3) is 4.93. The fourth-order valence-electron chi connectivity index (χ4n) is 4.50. The summed E-state index contributed by atoms with van der Waals surface area (Å²) in [4.78, 5) is 16.8. The molecule has 182 valence electrons. The summed E-state index contributed by atoms with van der Waals surface area (Å²) in [5.74, 6) is 0.752. The molecule has 0 atom stereocenters.